The second-order valence-electron chi connectivity index (χ2n) is 5.24. The SMILES string of the molecule is CSc1ccc(CN(C)C(=O)c2nc3nccc(C)n3n2)cc1. The summed E-state index contributed by atoms with van der Waals surface area (Å²) in [6.45, 7) is 2.41. The smallest absolute Gasteiger partial charge is 0.293 e. The first-order chi connectivity index (χ1) is 11.1. The molecule has 0 atom stereocenters. The van der Waals surface area contributed by atoms with E-state index < -0.39 is 0 Å². The molecule has 3 rings (SSSR count). The maximum atomic E-state index is 12.5. The van der Waals surface area contributed by atoms with E-state index in [-0.39, 0.29) is 11.7 Å². The highest BCUT2D eigenvalue weighted by atomic mass is 32.2. The molecule has 0 saturated heterocycles. The Morgan fingerprint density at radius 2 is 2.00 bits per heavy atom. The number of fused-ring (bicyclic) bond motifs is 1. The molecule has 0 aliphatic carbocycles. The van der Waals surface area contributed by atoms with E-state index in [1.165, 1.54) is 4.90 Å². The summed E-state index contributed by atoms with van der Waals surface area (Å²) in [5, 5.41) is 4.25. The van der Waals surface area contributed by atoms with Gasteiger partial charge in [0.1, 0.15) is 0 Å². The van der Waals surface area contributed by atoms with E-state index in [9.17, 15) is 4.79 Å². The van der Waals surface area contributed by atoms with Crippen molar-refractivity contribution in [2.75, 3.05) is 13.3 Å². The molecule has 0 N–H and O–H groups in total. The molecular formula is C16H17N5OS. The number of benzene rings is 1. The van der Waals surface area contributed by atoms with E-state index in [1.54, 1.807) is 34.4 Å². The molecule has 1 aromatic carbocycles. The third-order valence-corrected chi connectivity index (χ3v) is 4.29. The highest BCUT2D eigenvalue weighted by Gasteiger charge is 2.18. The lowest BCUT2D eigenvalue weighted by molar-refractivity contribution is 0.0773. The lowest BCUT2D eigenvalue weighted by Gasteiger charge is -2.15. The molecule has 0 bridgehead atoms. The molecule has 1 amide bonds. The van der Waals surface area contributed by atoms with Crippen LogP contribution in [0.5, 0.6) is 0 Å². The monoisotopic (exact) mass is 327 g/mol. The minimum atomic E-state index is -0.219. The molecule has 118 valence electrons. The van der Waals surface area contributed by atoms with Crippen molar-refractivity contribution >= 4 is 23.4 Å². The van der Waals surface area contributed by atoms with Crippen LogP contribution in [-0.2, 0) is 6.54 Å². The van der Waals surface area contributed by atoms with Gasteiger partial charge in [0, 0.05) is 30.4 Å². The molecule has 0 saturated carbocycles. The Bertz CT molecular complexity index is 843. The van der Waals surface area contributed by atoms with Crippen LogP contribution >= 0.6 is 11.8 Å². The average molecular weight is 327 g/mol. The summed E-state index contributed by atoms with van der Waals surface area (Å²) in [6, 6.07) is 9.98. The van der Waals surface area contributed by atoms with Gasteiger partial charge in [-0.1, -0.05) is 12.1 Å². The Morgan fingerprint density at radius 3 is 2.65 bits per heavy atom. The molecule has 0 aliphatic rings. The molecule has 7 heteroatoms. The van der Waals surface area contributed by atoms with Crippen molar-refractivity contribution in [2.45, 2.75) is 18.4 Å². The molecule has 0 unspecified atom stereocenters. The van der Waals surface area contributed by atoms with Gasteiger partial charge in [0.15, 0.2) is 0 Å². The number of carbonyl (C=O) groups is 1. The van der Waals surface area contributed by atoms with Crippen LogP contribution in [0.2, 0.25) is 0 Å². The van der Waals surface area contributed by atoms with Gasteiger partial charge >= 0.3 is 0 Å². The Labute approximate surface area is 138 Å². The summed E-state index contributed by atoms with van der Waals surface area (Å²) in [5.74, 6) is 0.380. The Morgan fingerprint density at radius 1 is 1.26 bits per heavy atom. The zero-order valence-electron chi connectivity index (χ0n) is 13.2. The molecule has 0 radical (unpaired) electrons. The number of hydrogen-bond acceptors (Lipinski definition) is 5. The zero-order chi connectivity index (χ0) is 16.4. The van der Waals surface area contributed by atoms with E-state index in [0.29, 0.717) is 12.3 Å². The lowest BCUT2D eigenvalue weighted by Crippen LogP contribution is -2.27. The number of hydrogen-bond donors (Lipinski definition) is 0. The molecule has 2 aromatic heterocycles. The van der Waals surface area contributed by atoms with Gasteiger partial charge in [-0.15, -0.1) is 16.9 Å². The van der Waals surface area contributed by atoms with E-state index in [2.05, 4.69) is 27.2 Å². The largest absolute Gasteiger partial charge is 0.335 e. The third kappa shape index (κ3) is 3.19. The van der Waals surface area contributed by atoms with Crippen molar-refractivity contribution in [3.63, 3.8) is 0 Å². The molecule has 6 nitrogen and oxygen atoms in total. The van der Waals surface area contributed by atoms with Gasteiger partial charge in [-0.3, -0.25) is 4.79 Å². The second-order valence-corrected chi connectivity index (χ2v) is 6.12. The van der Waals surface area contributed by atoms with Crippen LogP contribution in [0.1, 0.15) is 21.9 Å². The lowest BCUT2D eigenvalue weighted by atomic mass is 10.2. The molecular weight excluding hydrogens is 310 g/mol. The van der Waals surface area contributed by atoms with Crippen molar-refractivity contribution in [1.82, 2.24) is 24.5 Å². The quantitative estimate of drug-likeness (QED) is 0.689. The molecule has 3 aromatic rings. The highest BCUT2D eigenvalue weighted by molar-refractivity contribution is 7.98. The number of carbonyl (C=O) groups excluding carboxylic acids is 1. The summed E-state index contributed by atoms with van der Waals surface area (Å²) >= 11 is 1.69. The van der Waals surface area contributed by atoms with Crippen LogP contribution in [0.4, 0.5) is 0 Å². The Hall–Kier alpha value is -2.41. The molecule has 0 fully saturated rings. The van der Waals surface area contributed by atoms with Crippen molar-refractivity contribution in [3.05, 3.63) is 53.6 Å². The Kier molecular flexibility index (Phi) is 4.29. The number of amides is 1. The van der Waals surface area contributed by atoms with Crippen molar-refractivity contribution in [1.29, 1.82) is 0 Å². The van der Waals surface area contributed by atoms with E-state index in [1.807, 2.05) is 31.4 Å². The maximum Gasteiger partial charge on any atom is 0.293 e. The first-order valence-corrected chi connectivity index (χ1v) is 8.38. The van der Waals surface area contributed by atoms with Crippen LogP contribution in [-0.4, -0.2) is 43.7 Å². The van der Waals surface area contributed by atoms with Gasteiger partial charge in [0.05, 0.1) is 0 Å². The predicted molar refractivity (Wildman–Crippen MR) is 89.5 cm³/mol. The summed E-state index contributed by atoms with van der Waals surface area (Å²) < 4.78 is 1.58. The number of rotatable bonds is 4. The van der Waals surface area contributed by atoms with Crippen molar-refractivity contribution in [2.24, 2.45) is 0 Å². The maximum absolute atomic E-state index is 12.5. The van der Waals surface area contributed by atoms with E-state index >= 15 is 0 Å². The normalized spacial score (nSPS) is 10.9. The number of aryl methyl sites for hydroxylation is 1. The summed E-state index contributed by atoms with van der Waals surface area (Å²) in [4.78, 5) is 23.7. The van der Waals surface area contributed by atoms with Gasteiger partial charge in [-0.25, -0.2) is 9.50 Å². The summed E-state index contributed by atoms with van der Waals surface area (Å²) in [6.07, 6.45) is 3.69. The number of aromatic nitrogens is 4. The van der Waals surface area contributed by atoms with Gasteiger partial charge in [0.2, 0.25) is 5.82 Å². The second kappa shape index (κ2) is 6.37. The van der Waals surface area contributed by atoms with Crippen molar-refractivity contribution < 1.29 is 4.79 Å². The summed E-state index contributed by atoms with van der Waals surface area (Å²) in [5.41, 5.74) is 1.95. The van der Waals surface area contributed by atoms with E-state index in [0.717, 1.165) is 11.3 Å². The minimum Gasteiger partial charge on any atom is -0.335 e. The minimum absolute atomic E-state index is 0.162. The standard InChI is InChI=1S/C16H17N5OS/c1-11-8-9-17-16-18-14(19-21(11)16)15(22)20(2)10-12-4-6-13(23-3)7-5-12/h4-9H,10H2,1-3H3. The molecule has 23 heavy (non-hydrogen) atoms. The van der Waals surface area contributed by atoms with Crippen LogP contribution < -0.4 is 0 Å². The number of nitrogens with zero attached hydrogens (tertiary/aromatic N) is 5. The molecule has 0 aliphatic heterocycles. The fourth-order valence-corrected chi connectivity index (χ4v) is 2.65. The van der Waals surface area contributed by atoms with Gasteiger partial charge in [-0.2, -0.15) is 4.98 Å². The van der Waals surface area contributed by atoms with Crippen LogP contribution in [0, 0.1) is 6.92 Å². The van der Waals surface area contributed by atoms with Gasteiger partial charge in [0.25, 0.3) is 11.7 Å². The van der Waals surface area contributed by atoms with E-state index in [4.69, 9.17) is 0 Å². The average Bonchev–Trinajstić information content (AvgIpc) is 3.00. The summed E-state index contributed by atoms with van der Waals surface area (Å²) in [7, 11) is 1.75. The fourth-order valence-electron chi connectivity index (χ4n) is 2.24. The predicted octanol–water partition coefficient (Wildman–Crippen LogP) is 2.43. The third-order valence-electron chi connectivity index (χ3n) is 3.55. The number of thioether (sulfide) groups is 1. The molecule has 0 spiro atoms. The Balaban J connectivity index is 1.78. The first-order valence-electron chi connectivity index (χ1n) is 7.15. The highest BCUT2D eigenvalue weighted by Crippen LogP contribution is 2.16. The zero-order valence-corrected chi connectivity index (χ0v) is 14.0. The van der Waals surface area contributed by atoms with Gasteiger partial charge < -0.3 is 4.90 Å². The van der Waals surface area contributed by atoms with Crippen LogP contribution in [0.25, 0.3) is 5.78 Å². The van der Waals surface area contributed by atoms with Crippen molar-refractivity contribution in [3.8, 4) is 0 Å². The van der Waals surface area contributed by atoms with Crippen LogP contribution in [0.3, 0.4) is 0 Å². The molecule has 2 heterocycles. The topological polar surface area (TPSA) is 63.4 Å². The first kappa shape index (κ1) is 15.5. The van der Waals surface area contributed by atoms with Crippen LogP contribution in [0.15, 0.2) is 41.4 Å². The fraction of sp³-hybridized carbons (Fsp3) is 0.250. The van der Waals surface area contributed by atoms with Gasteiger partial charge in [-0.05, 0) is 36.9 Å².